The molecular weight excluding hydrogens is 540 g/mol. The van der Waals surface area contributed by atoms with Gasteiger partial charge in [0.2, 0.25) is 0 Å². The first-order valence-electron chi connectivity index (χ1n) is 15.0. The zero-order valence-corrected chi connectivity index (χ0v) is 24.9. The van der Waals surface area contributed by atoms with Gasteiger partial charge in [0, 0.05) is 49.3 Å². The molecule has 0 unspecified atom stereocenters. The summed E-state index contributed by atoms with van der Waals surface area (Å²) in [7, 11) is 1.60. The number of aryl methyl sites for hydroxylation is 1. The van der Waals surface area contributed by atoms with Gasteiger partial charge in [-0.05, 0) is 105 Å². The molecule has 2 aliphatic heterocycles. The first-order valence-corrected chi connectivity index (χ1v) is 15.0. The van der Waals surface area contributed by atoms with Crippen molar-refractivity contribution in [2.24, 2.45) is 11.8 Å². The Morgan fingerprint density at radius 1 is 0.953 bits per heavy atom. The van der Waals surface area contributed by atoms with Crippen molar-refractivity contribution in [2.45, 2.75) is 45.6 Å². The van der Waals surface area contributed by atoms with Crippen molar-refractivity contribution in [3.63, 3.8) is 0 Å². The maximum Gasteiger partial charge on any atom is 0.272 e. The van der Waals surface area contributed by atoms with Gasteiger partial charge in [0.25, 0.3) is 5.91 Å². The number of likely N-dealkylation sites (tertiary alicyclic amines) is 2. The van der Waals surface area contributed by atoms with E-state index in [9.17, 15) is 14.4 Å². The van der Waals surface area contributed by atoms with Gasteiger partial charge in [-0.15, -0.1) is 0 Å². The lowest BCUT2D eigenvalue weighted by molar-refractivity contribution is 0.0645. The summed E-state index contributed by atoms with van der Waals surface area (Å²) in [5, 5.41) is 8.99. The number of pyridine rings is 1. The number of Topliss-reactive ketones (excluding diaryl/α,β-unsaturated/α-hetero) is 2. The summed E-state index contributed by atoms with van der Waals surface area (Å²) in [6.45, 7) is 5.58. The first kappa shape index (κ1) is 30.1. The highest BCUT2D eigenvalue weighted by atomic mass is 16.5. The molecule has 8 heteroatoms. The monoisotopic (exact) mass is 578 g/mol. The summed E-state index contributed by atoms with van der Waals surface area (Å²) in [5.74, 6) is 0.940. The second-order valence-corrected chi connectivity index (χ2v) is 11.7. The van der Waals surface area contributed by atoms with Crippen molar-refractivity contribution in [1.29, 1.82) is 5.26 Å². The Kier molecular flexibility index (Phi) is 9.63. The molecule has 8 nitrogen and oxygen atoms in total. The summed E-state index contributed by atoms with van der Waals surface area (Å²) in [5.41, 5.74) is 4.21. The zero-order chi connectivity index (χ0) is 30.3. The number of carbonyl (C=O) groups excluding carboxylic acids is 3. The fourth-order valence-electron chi connectivity index (χ4n) is 6.13. The van der Waals surface area contributed by atoms with Crippen molar-refractivity contribution in [3.05, 3.63) is 94.3 Å². The van der Waals surface area contributed by atoms with Crippen LogP contribution in [0.25, 0.3) is 0 Å². The van der Waals surface area contributed by atoms with Gasteiger partial charge >= 0.3 is 0 Å². The molecule has 1 aromatic heterocycles. The maximum atomic E-state index is 13.2. The molecule has 0 spiro atoms. The lowest BCUT2D eigenvalue weighted by atomic mass is 9.88. The summed E-state index contributed by atoms with van der Waals surface area (Å²) in [6, 6.07) is 18.8. The van der Waals surface area contributed by atoms with Crippen molar-refractivity contribution in [2.75, 3.05) is 33.3 Å². The van der Waals surface area contributed by atoms with Crippen molar-refractivity contribution in [3.8, 4) is 11.8 Å². The van der Waals surface area contributed by atoms with E-state index in [1.54, 1.807) is 48.5 Å². The van der Waals surface area contributed by atoms with Crippen molar-refractivity contribution < 1.29 is 19.1 Å². The van der Waals surface area contributed by atoms with Crippen molar-refractivity contribution in [1.82, 2.24) is 14.8 Å². The molecule has 3 aromatic rings. The molecule has 5 rings (SSSR count). The summed E-state index contributed by atoms with van der Waals surface area (Å²) < 4.78 is 5.18. The van der Waals surface area contributed by atoms with Crippen LogP contribution in [0.4, 0.5) is 0 Å². The number of ether oxygens (including phenoxy) is 1. The van der Waals surface area contributed by atoms with Gasteiger partial charge < -0.3 is 9.64 Å². The van der Waals surface area contributed by atoms with E-state index < -0.39 is 0 Å². The number of amides is 1. The molecule has 2 fully saturated rings. The Morgan fingerprint density at radius 3 is 2.23 bits per heavy atom. The predicted octanol–water partition coefficient (Wildman–Crippen LogP) is 5.49. The highest BCUT2D eigenvalue weighted by molar-refractivity contribution is 6.00. The number of rotatable bonds is 9. The quantitative estimate of drug-likeness (QED) is 0.309. The lowest BCUT2D eigenvalue weighted by Gasteiger charge is -2.32. The molecular formula is C35H38N4O4. The molecule has 0 N–H and O–H groups in total. The molecule has 0 bridgehead atoms. The Balaban J connectivity index is 1.09. The van der Waals surface area contributed by atoms with Crippen LogP contribution in [0.15, 0.2) is 60.8 Å². The van der Waals surface area contributed by atoms with E-state index in [2.05, 4.69) is 16.0 Å². The largest absolute Gasteiger partial charge is 0.497 e. The van der Waals surface area contributed by atoms with Crippen LogP contribution < -0.4 is 4.74 Å². The number of benzene rings is 2. The summed E-state index contributed by atoms with van der Waals surface area (Å²) in [4.78, 5) is 47.9. The van der Waals surface area contributed by atoms with Crippen LogP contribution in [0.3, 0.4) is 0 Å². The molecule has 0 atom stereocenters. The Bertz CT molecular complexity index is 1490. The molecule has 43 heavy (non-hydrogen) atoms. The van der Waals surface area contributed by atoms with Gasteiger partial charge in [-0.2, -0.15) is 5.26 Å². The average molecular weight is 579 g/mol. The van der Waals surface area contributed by atoms with Gasteiger partial charge in [0.1, 0.15) is 11.4 Å². The minimum atomic E-state index is -0.160. The minimum Gasteiger partial charge on any atom is -0.497 e. The molecule has 0 saturated carbocycles. The van der Waals surface area contributed by atoms with Crippen LogP contribution in [0.5, 0.6) is 5.75 Å². The predicted molar refractivity (Wildman–Crippen MR) is 163 cm³/mol. The minimum absolute atomic E-state index is 0.0763. The molecule has 0 aliphatic carbocycles. The maximum absolute atomic E-state index is 13.2. The number of nitriles is 1. The van der Waals surface area contributed by atoms with E-state index in [1.165, 1.54) is 5.56 Å². The average Bonchev–Trinajstić information content (AvgIpc) is 3.05. The van der Waals surface area contributed by atoms with Gasteiger partial charge in [0.05, 0.1) is 18.7 Å². The third-order valence-electron chi connectivity index (χ3n) is 8.83. The normalized spacial score (nSPS) is 16.4. The molecule has 3 heterocycles. The summed E-state index contributed by atoms with van der Waals surface area (Å²) in [6.07, 6.45) is 5.18. The Labute approximate surface area is 253 Å². The van der Waals surface area contributed by atoms with E-state index in [1.807, 2.05) is 31.2 Å². The second-order valence-electron chi connectivity index (χ2n) is 11.7. The van der Waals surface area contributed by atoms with Crippen LogP contribution in [0, 0.1) is 30.1 Å². The number of piperidine rings is 2. The molecule has 2 saturated heterocycles. The van der Waals surface area contributed by atoms with Crippen molar-refractivity contribution >= 4 is 17.5 Å². The van der Waals surface area contributed by atoms with E-state index >= 15 is 0 Å². The van der Waals surface area contributed by atoms with Gasteiger partial charge in [-0.3, -0.25) is 24.3 Å². The van der Waals surface area contributed by atoms with Crippen LogP contribution in [-0.2, 0) is 6.54 Å². The lowest BCUT2D eigenvalue weighted by Crippen LogP contribution is -2.40. The fraction of sp³-hybridized carbons (Fsp3) is 0.400. The topological polar surface area (TPSA) is 104 Å². The first-order chi connectivity index (χ1) is 20.8. The standard InChI is InChI=1S/C35H38N4O4/c1-24-19-32(35(42)39-17-13-29(14-18-39)34(41)28-7-9-30(43-2)10-8-28)37-22-31(24)33(40)20-25-11-15-38(16-12-25)23-27-5-3-26(21-36)4-6-27/h3-10,19,22,25,29H,11-18,20,23H2,1-2H3. The molecule has 2 aliphatic rings. The van der Waals surface area contributed by atoms with Gasteiger partial charge in [-0.1, -0.05) is 12.1 Å². The van der Waals surface area contributed by atoms with Crippen LogP contribution >= 0.6 is 0 Å². The number of nitrogens with zero attached hydrogens (tertiary/aromatic N) is 4. The summed E-state index contributed by atoms with van der Waals surface area (Å²) >= 11 is 0. The second kappa shape index (κ2) is 13.7. The molecule has 2 aromatic carbocycles. The molecule has 1 amide bonds. The van der Waals surface area contributed by atoms with E-state index in [4.69, 9.17) is 10.00 Å². The molecule has 222 valence electrons. The van der Waals surface area contributed by atoms with Crippen LogP contribution in [0.1, 0.15) is 80.0 Å². The Hall–Kier alpha value is -4.35. The van der Waals surface area contributed by atoms with Gasteiger partial charge in [-0.25, -0.2) is 0 Å². The number of carbonyl (C=O) groups is 3. The van der Waals surface area contributed by atoms with Gasteiger partial charge in [0.15, 0.2) is 11.6 Å². The fourth-order valence-corrected chi connectivity index (χ4v) is 6.13. The third-order valence-corrected chi connectivity index (χ3v) is 8.83. The SMILES string of the molecule is COc1ccc(C(=O)C2CCN(C(=O)c3cc(C)c(C(=O)CC4CCN(Cc5ccc(C#N)cc5)CC4)cn3)CC2)cc1. The van der Waals surface area contributed by atoms with Crippen LogP contribution in [-0.4, -0.2) is 65.5 Å². The van der Waals surface area contributed by atoms with E-state index in [0.717, 1.165) is 38.0 Å². The van der Waals surface area contributed by atoms with E-state index in [-0.39, 0.29) is 23.4 Å². The highest BCUT2D eigenvalue weighted by Gasteiger charge is 2.29. The number of methoxy groups -OCH3 is 1. The smallest absolute Gasteiger partial charge is 0.272 e. The molecule has 0 radical (unpaired) electrons. The van der Waals surface area contributed by atoms with Crippen LogP contribution in [0.2, 0.25) is 0 Å². The third kappa shape index (κ3) is 7.36. The zero-order valence-electron chi connectivity index (χ0n) is 24.9. The Morgan fingerprint density at radius 2 is 1.63 bits per heavy atom. The number of aromatic nitrogens is 1. The number of hydrogen-bond donors (Lipinski definition) is 0. The highest BCUT2D eigenvalue weighted by Crippen LogP contribution is 2.26. The number of hydrogen-bond acceptors (Lipinski definition) is 7. The number of ketones is 2. The van der Waals surface area contributed by atoms with E-state index in [0.29, 0.717) is 66.4 Å².